The lowest BCUT2D eigenvalue weighted by Crippen LogP contribution is -2.23. The molecule has 0 bridgehead atoms. The lowest BCUT2D eigenvalue weighted by Gasteiger charge is -2.11. The first-order chi connectivity index (χ1) is 10.3. The van der Waals surface area contributed by atoms with Crippen LogP contribution in [0.4, 0.5) is 11.5 Å². The van der Waals surface area contributed by atoms with Crippen LogP contribution in [0, 0.1) is 0 Å². The highest BCUT2D eigenvalue weighted by Gasteiger charge is 2.28. The van der Waals surface area contributed by atoms with E-state index < -0.39 is 0 Å². The highest BCUT2D eigenvalue weighted by Crippen LogP contribution is 2.36. The molecule has 5 nitrogen and oxygen atoms in total. The average Bonchev–Trinajstić information content (AvgIpc) is 3.10. The van der Waals surface area contributed by atoms with Crippen molar-refractivity contribution < 1.29 is 0 Å². The van der Waals surface area contributed by atoms with Gasteiger partial charge in [0, 0.05) is 5.56 Å². The van der Waals surface area contributed by atoms with Crippen molar-refractivity contribution in [2.24, 2.45) is 0 Å². The maximum atomic E-state index is 6.24. The molecule has 0 spiro atoms. The fraction of sp³-hybridized carbons (Fsp3) is 0.0625. The Hall–Kier alpha value is -2.79. The van der Waals surface area contributed by atoms with Crippen LogP contribution in [0.2, 0.25) is 0 Å². The van der Waals surface area contributed by atoms with Crippen molar-refractivity contribution in [3.8, 4) is 11.3 Å². The van der Waals surface area contributed by atoms with Crippen molar-refractivity contribution in [1.29, 1.82) is 0 Å². The number of nitrogens with one attached hydrogen (secondary N) is 2. The molecule has 1 atom stereocenters. The van der Waals surface area contributed by atoms with Crippen LogP contribution in [0.3, 0.4) is 0 Å². The van der Waals surface area contributed by atoms with E-state index in [-0.39, 0.29) is 6.17 Å². The molecule has 1 aliphatic heterocycles. The van der Waals surface area contributed by atoms with Crippen LogP contribution in [0.25, 0.3) is 11.3 Å². The standard InChI is InChI=1S/C16H15N5/c17-13-14(11-7-3-1-4-8-11)20-21-15(18-19-16(13)21)12-9-5-2-6-10-12/h1-10,15,18-19H,17H2. The molecule has 0 saturated carbocycles. The number of aromatic nitrogens is 2. The molecule has 1 aliphatic rings. The first-order valence-electron chi connectivity index (χ1n) is 6.84. The largest absolute Gasteiger partial charge is 0.394 e. The second kappa shape index (κ2) is 4.64. The zero-order chi connectivity index (χ0) is 14.2. The number of hydrogen-bond acceptors (Lipinski definition) is 4. The molecule has 0 fully saturated rings. The van der Waals surface area contributed by atoms with E-state index >= 15 is 0 Å². The second-order valence-electron chi connectivity index (χ2n) is 5.00. The maximum Gasteiger partial charge on any atom is 0.164 e. The second-order valence-corrected chi connectivity index (χ2v) is 5.00. The van der Waals surface area contributed by atoms with Crippen LogP contribution < -0.4 is 16.6 Å². The maximum absolute atomic E-state index is 6.24. The molecular weight excluding hydrogens is 262 g/mol. The monoisotopic (exact) mass is 277 g/mol. The molecule has 1 unspecified atom stereocenters. The highest BCUT2D eigenvalue weighted by molar-refractivity contribution is 5.82. The van der Waals surface area contributed by atoms with Crippen molar-refractivity contribution >= 4 is 11.5 Å². The Morgan fingerprint density at radius 3 is 2.33 bits per heavy atom. The van der Waals surface area contributed by atoms with Crippen LogP contribution in [0.15, 0.2) is 60.7 Å². The third-order valence-electron chi connectivity index (χ3n) is 3.68. The van der Waals surface area contributed by atoms with Gasteiger partial charge in [-0.2, -0.15) is 5.10 Å². The van der Waals surface area contributed by atoms with Crippen molar-refractivity contribution in [2.75, 3.05) is 11.2 Å². The molecule has 5 heteroatoms. The smallest absolute Gasteiger partial charge is 0.164 e. The Labute approximate surface area is 122 Å². The van der Waals surface area contributed by atoms with Gasteiger partial charge < -0.3 is 11.2 Å². The van der Waals surface area contributed by atoms with Crippen molar-refractivity contribution in [3.63, 3.8) is 0 Å². The molecule has 0 amide bonds. The van der Waals surface area contributed by atoms with E-state index in [4.69, 9.17) is 5.73 Å². The Bertz CT molecular complexity index is 764. The van der Waals surface area contributed by atoms with Crippen LogP contribution in [0.1, 0.15) is 11.7 Å². The van der Waals surface area contributed by atoms with Gasteiger partial charge in [0.1, 0.15) is 17.5 Å². The summed E-state index contributed by atoms with van der Waals surface area (Å²) in [6.45, 7) is 0. The first-order valence-corrected chi connectivity index (χ1v) is 6.84. The average molecular weight is 277 g/mol. The number of nitrogen functional groups attached to an aromatic ring is 1. The first kappa shape index (κ1) is 12.0. The van der Waals surface area contributed by atoms with Gasteiger partial charge in [0.05, 0.1) is 0 Å². The van der Waals surface area contributed by atoms with Gasteiger partial charge >= 0.3 is 0 Å². The minimum absolute atomic E-state index is 0.0547. The number of anilines is 2. The molecule has 2 aromatic carbocycles. The molecule has 0 saturated heterocycles. The third-order valence-corrected chi connectivity index (χ3v) is 3.68. The zero-order valence-corrected chi connectivity index (χ0v) is 11.3. The Kier molecular flexibility index (Phi) is 2.65. The summed E-state index contributed by atoms with van der Waals surface area (Å²) in [5, 5.41) is 4.69. The van der Waals surface area contributed by atoms with Gasteiger partial charge in [0.2, 0.25) is 0 Å². The van der Waals surface area contributed by atoms with Gasteiger partial charge in [-0.05, 0) is 5.56 Å². The lowest BCUT2D eigenvalue weighted by atomic mass is 10.1. The summed E-state index contributed by atoms with van der Waals surface area (Å²) in [7, 11) is 0. The van der Waals surface area contributed by atoms with Gasteiger partial charge in [0.15, 0.2) is 5.82 Å². The molecule has 104 valence electrons. The molecule has 4 N–H and O–H groups in total. The van der Waals surface area contributed by atoms with Crippen LogP contribution >= 0.6 is 0 Å². The van der Waals surface area contributed by atoms with E-state index in [1.807, 2.05) is 53.2 Å². The quantitative estimate of drug-likeness (QED) is 0.673. The summed E-state index contributed by atoms with van der Waals surface area (Å²) in [6, 6.07) is 20.1. The predicted octanol–water partition coefficient (Wildman–Crippen LogP) is 2.61. The Morgan fingerprint density at radius 2 is 1.62 bits per heavy atom. The summed E-state index contributed by atoms with van der Waals surface area (Å²) in [5.74, 6) is 0.808. The number of nitrogens with zero attached hydrogens (tertiary/aromatic N) is 2. The van der Waals surface area contributed by atoms with E-state index in [1.165, 1.54) is 0 Å². The Morgan fingerprint density at radius 1 is 0.952 bits per heavy atom. The van der Waals surface area contributed by atoms with Crippen molar-refractivity contribution in [3.05, 3.63) is 66.2 Å². The number of benzene rings is 2. The summed E-state index contributed by atoms with van der Waals surface area (Å²) in [4.78, 5) is 0. The predicted molar refractivity (Wildman–Crippen MR) is 83.4 cm³/mol. The minimum Gasteiger partial charge on any atom is -0.394 e. The molecule has 2 heterocycles. The van der Waals surface area contributed by atoms with Crippen molar-refractivity contribution in [1.82, 2.24) is 15.2 Å². The fourth-order valence-corrected chi connectivity index (χ4v) is 2.63. The minimum atomic E-state index is -0.0547. The van der Waals surface area contributed by atoms with E-state index in [0.29, 0.717) is 5.69 Å². The summed E-state index contributed by atoms with van der Waals surface area (Å²) in [6.07, 6.45) is -0.0547. The van der Waals surface area contributed by atoms with Gasteiger partial charge in [-0.25, -0.2) is 10.1 Å². The van der Waals surface area contributed by atoms with E-state index in [1.54, 1.807) is 0 Å². The van der Waals surface area contributed by atoms with E-state index in [0.717, 1.165) is 22.6 Å². The van der Waals surface area contributed by atoms with Gasteiger partial charge in [-0.3, -0.25) is 0 Å². The molecule has 1 aromatic heterocycles. The van der Waals surface area contributed by atoms with E-state index in [2.05, 4.69) is 28.1 Å². The summed E-state index contributed by atoms with van der Waals surface area (Å²) < 4.78 is 1.90. The molecule has 3 aromatic rings. The zero-order valence-electron chi connectivity index (χ0n) is 11.3. The molecule has 0 radical (unpaired) electrons. The van der Waals surface area contributed by atoms with Gasteiger partial charge in [0.25, 0.3) is 0 Å². The highest BCUT2D eigenvalue weighted by atomic mass is 15.6. The van der Waals surface area contributed by atoms with Crippen LogP contribution in [-0.2, 0) is 0 Å². The molecule has 4 rings (SSSR count). The normalized spacial score (nSPS) is 16.5. The topological polar surface area (TPSA) is 67.9 Å². The lowest BCUT2D eigenvalue weighted by molar-refractivity contribution is 0.519. The SMILES string of the molecule is Nc1c(-c2ccccc2)nn2c1NNC2c1ccccc1. The molecular formula is C16H15N5. The van der Waals surface area contributed by atoms with Crippen LogP contribution in [0.5, 0.6) is 0 Å². The number of fused-ring (bicyclic) bond motifs is 1. The van der Waals surface area contributed by atoms with Gasteiger partial charge in [-0.1, -0.05) is 60.7 Å². The summed E-state index contributed by atoms with van der Waals surface area (Å²) >= 11 is 0. The van der Waals surface area contributed by atoms with Gasteiger partial charge in [-0.15, -0.1) is 0 Å². The van der Waals surface area contributed by atoms with E-state index in [9.17, 15) is 0 Å². The molecule has 21 heavy (non-hydrogen) atoms. The number of nitrogens with two attached hydrogens (primary N) is 1. The van der Waals surface area contributed by atoms with Crippen LogP contribution in [-0.4, -0.2) is 9.78 Å². The third kappa shape index (κ3) is 1.86. The van der Waals surface area contributed by atoms with Crippen molar-refractivity contribution in [2.45, 2.75) is 6.17 Å². The molecule has 0 aliphatic carbocycles. The number of hydrogen-bond donors (Lipinski definition) is 3. The number of hydrazine groups is 1. The fourth-order valence-electron chi connectivity index (χ4n) is 2.63. The number of rotatable bonds is 2. The summed E-state index contributed by atoms with van der Waals surface area (Å²) in [5.41, 5.74) is 16.2. The Balaban J connectivity index is 1.80.